The number of rotatable bonds is 7. The summed E-state index contributed by atoms with van der Waals surface area (Å²) in [5.74, 6) is 0. The number of anilines is 1. The van der Waals surface area contributed by atoms with E-state index < -0.39 is 0 Å². The lowest BCUT2D eigenvalue weighted by atomic mass is 10.2. The highest BCUT2D eigenvalue weighted by molar-refractivity contribution is 7.80. The minimum Gasteiger partial charge on any atom is -0.349 e. The van der Waals surface area contributed by atoms with E-state index in [4.69, 9.17) is 23.8 Å². The Morgan fingerprint density at radius 1 is 1.20 bits per heavy atom. The van der Waals surface area contributed by atoms with Gasteiger partial charge < -0.3 is 10.2 Å². The number of halogens is 1. The lowest BCUT2D eigenvalue weighted by Crippen LogP contribution is -2.36. The number of thiocarbonyl (C=S) groups is 1. The highest BCUT2D eigenvalue weighted by atomic mass is 35.5. The zero-order chi connectivity index (χ0) is 15.0. The Balaban J connectivity index is 2.65. The van der Waals surface area contributed by atoms with Gasteiger partial charge in [-0.15, -0.1) is 0 Å². The molecule has 1 aromatic carbocycles. The third-order valence-corrected chi connectivity index (χ3v) is 4.04. The number of benzene rings is 1. The van der Waals surface area contributed by atoms with Crippen LogP contribution in [-0.4, -0.2) is 23.1 Å². The first kappa shape index (κ1) is 17.3. The highest BCUT2D eigenvalue weighted by Crippen LogP contribution is 2.20. The molecule has 0 aliphatic rings. The van der Waals surface area contributed by atoms with Gasteiger partial charge in [-0.05, 0) is 49.7 Å². The molecule has 0 saturated heterocycles. The topological polar surface area (TPSA) is 15.3 Å². The summed E-state index contributed by atoms with van der Waals surface area (Å²) < 4.78 is 0. The Hall–Kier alpha value is -0.800. The van der Waals surface area contributed by atoms with Gasteiger partial charge in [0.2, 0.25) is 0 Å². The van der Waals surface area contributed by atoms with Crippen molar-refractivity contribution in [3.63, 3.8) is 0 Å². The lowest BCUT2D eigenvalue weighted by molar-refractivity contribution is 0.403. The first-order chi connectivity index (χ1) is 9.58. The summed E-state index contributed by atoms with van der Waals surface area (Å²) in [7, 11) is 0. The number of hydrogen-bond acceptors (Lipinski definition) is 1. The largest absolute Gasteiger partial charge is 0.349 e. The molecule has 1 aromatic rings. The second-order valence-electron chi connectivity index (χ2n) is 5.09. The van der Waals surface area contributed by atoms with Crippen molar-refractivity contribution in [2.24, 2.45) is 0 Å². The van der Waals surface area contributed by atoms with Crippen molar-refractivity contribution in [3.05, 3.63) is 28.8 Å². The first-order valence-corrected chi connectivity index (χ1v) is 8.19. The monoisotopic (exact) mass is 312 g/mol. The molecule has 0 aliphatic carbocycles. The minimum absolute atomic E-state index is 0.770. The first-order valence-electron chi connectivity index (χ1n) is 7.40. The van der Waals surface area contributed by atoms with Crippen LogP contribution in [0, 0.1) is 6.92 Å². The molecular weight excluding hydrogens is 288 g/mol. The van der Waals surface area contributed by atoms with E-state index in [0.717, 1.165) is 34.5 Å². The molecule has 0 fully saturated rings. The van der Waals surface area contributed by atoms with E-state index in [0.29, 0.717) is 0 Å². The fourth-order valence-corrected chi connectivity index (χ4v) is 2.37. The second-order valence-corrected chi connectivity index (χ2v) is 5.88. The molecule has 0 atom stereocenters. The number of unbranched alkanes of at least 4 members (excludes halogenated alkanes) is 2. The Kier molecular flexibility index (Phi) is 7.93. The fraction of sp³-hybridized carbons (Fsp3) is 0.562. The maximum absolute atomic E-state index is 6.15. The Morgan fingerprint density at radius 3 is 2.30 bits per heavy atom. The molecule has 0 amide bonds. The number of hydrogen-bond donors (Lipinski definition) is 1. The van der Waals surface area contributed by atoms with E-state index in [1.165, 1.54) is 25.7 Å². The molecule has 1 rings (SSSR count). The zero-order valence-corrected chi connectivity index (χ0v) is 14.3. The molecule has 0 aliphatic heterocycles. The Labute approximate surface area is 133 Å². The fourth-order valence-electron chi connectivity index (χ4n) is 1.89. The van der Waals surface area contributed by atoms with Crippen molar-refractivity contribution < 1.29 is 0 Å². The molecule has 0 spiro atoms. The number of nitrogens with zero attached hydrogens (tertiary/aromatic N) is 1. The average Bonchev–Trinajstić information content (AvgIpc) is 2.43. The molecular formula is C16H25ClN2S. The molecule has 1 N–H and O–H groups in total. The van der Waals surface area contributed by atoms with Crippen molar-refractivity contribution in [1.82, 2.24) is 4.90 Å². The summed E-state index contributed by atoms with van der Waals surface area (Å²) in [6.45, 7) is 8.44. The molecule has 0 radical (unpaired) electrons. The van der Waals surface area contributed by atoms with Gasteiger partial charge in [0.05, 0.1) is 0 Å². The van der Waals surface area contributed by atoms with Crippen molar-refractivity contribution in [1.29, 1.82) is 0 Å². The van der Waals surface area contributed by atoms with Gasteiger partial charge in [0.15, 0.2) is 5.11 Å². The maximum Gasteiger partial charge on any atom is 0.173 e. The summed E-state index contributed by atoms with van der Waals surface area (Å²) in [6.07, 6.45) is 4.70. The Bertz CT molecular complexity index is 426. The van der Waals surface area contributed by atoms with Crippen LogP contribution in [0.1, 0.15) is 45.1 Å². The van der Waals surface area contributed by atoms with E-state index in [-0.39, 0.29) is 0 Å². The summed E-state index contributed by atoms with van der Waals surface area (Å²) >= 11 is 11.7. The standard InChI is InChI=1S/C16H25ClN2S/c1-4-6-10-19(11-7-5-2)16(20)18-14-9-8-13(3)15(17)12-14/h8-9,12H,4-7,10-11H2,1-3H3,(H,18,20). The molecule has 0 saturated carbocycles. The van der Waals surface area contributed by atoms with Crippen molar-refractivity contribution in [2.45, 2.75) is 46.5 Å². The van der Waals surface area contributed by atoms with E-state index in [2.05, 4.69) is 24.1 Å². The van der Waals surface area contributed by atoms with E-state index >= 15 is 0 Å². The third-order valence-electron chi connectivity index (χ3n) is 3.27. The van der Waals surface area contributed by atoms with Gasteiger partial charge in [-0.3, -0.25) is 0 Å². The molecule has 0 heterocycles. The van der Waals surface area contributed by atoms with Crippen LogP contribution in [0.25, 0.3) is 0 Å². The van der Waals surface area contributed by atoms with Gasteiger partial charge in [0, 0.05) is 23.8 Å². The van der Waals surface area contributed by atoms with Crippen LogP contribution in [0.3, 0.4) is 0 Å². The smallest absolute Gasteiger partial charge is 0.173 e. The molecule has 0 unspecified atom stereocenters. The molecule has 20 heavy (non-hydrogen) atoms. The normalized spacial score (nSPS) is 10.4. The van der Waals surface area contributed by atoms with Crippen LogP contribution in [0.15, 0.2) is 18.2 Å². The van der Waals surface area contributed by atoms with Gasteiger partial charge in [0.1, 0.15) is 0 Å². The molecule has 4 heteroatoms. The average molecular weight is 313 g/mol. The predicted molar refractivity (Wildman–Crippen MR) is 93.8 cm³/mol. The van der Waals surface area contributed by atoms with E-state index in [9.17, 15) is 0 Å². The number of aryl methyl sites for hydroxylation is 1. The molecule has 112 valence electrons. The summed E-state index contributed by atoms with van der Waals surface area (Å²) in [4.78, 5) is 2.26. The van der Waals surface area contributed by atoms with Gasteiger partial charge in [0.25, 0.3) is 0 Å². The van der Waals surface area contributed by atoms with Crippen LogP contribution in [0.5, 0.6) is 0 Å². The van der Waals surface area contributed by atoms with Crippen molar-refractivity contribution in [2.75, 3.05) is 18.4 Å². The second kappa shape index (κ2) is 9.19. The van der Waals surface area contributed by atoms with Crippen LogP contribution >= 0.6 is 23.8 Å². The predicted octanol–water partition coefficient (Wildman–Crippen LogP) is 5.25. The third kappa shape index (κ3) is 5.68. The minimum atomic E-state index is 0.770. The quantitative estimate of drug-likeness (QED) is 0.692. The summed E-state index contributed by atoms with van der Waals surface area (Å²) in [5, 5.41) is 4.87. The molecule has 0 bridgehead atoms. The van der Waals surface area contributed by atoms with Gasteiger partial charge >= 0.3 is 0 Å². The van der Waals surface area contributed by atoms with Gasteiger partial charge in [-0.2, -0.15) is 0 Å². The Morgan fingerprint density at radius 2 is 1.80 bits per heavy atom. The van der Waals surface area contributed by atoms with Crippen molar-refractivity contribution >= 4 is 34.6 Å². The maximum atomic E-state index is 6.15. The van der Waals surface area contributed by atoms with E-state index in [1.54, 1.807) is 0 Å². The van der Waals surface area contributed by atoms with E-state index in [1.807, 2.05) is 25.1 Å². The van der Waals surface area contributed by atoms with Crippen LogP contribution < -0.4 is 5.32 Å². The molecule has 2 nitrogen and oxygen atoms in total. The number of nitrogens with one attached hydrogen (secondary N) is 1. The van der Waals surface area contributed by atoms with Crippen LogP contribution in [-0.2, 0) is 0 Å². The SMILES string of the molecule is CCCCN(CCCC)C(=S)Nc1ccc(C)c(Cl)c1. The van der Waals surface area contributed by atoms with Gasteiger partial charge in [-0.25, -0.2) is 0 Å². The van der Waals surface area contributed by atoms with Crippen LogP contribution in [0.2, 0.25) is 5.02 Å². The summed E-state index contributed by atoms with van der Waals surface area (Å²) in [5.41, 5.74) is 2.04. The zero-order valence-electron chi connectivity index (χ0n) is 12.7. The van der Waals surface area contributed by atoms with Crippen molar-refractivity contribution in [3.8, 4) is 0 Å². The molecule has 0 aromatic heterocycles. The van der Waals surface area contributed by atoms with Gasteiger partial charge in [-0.1, -0.05) is 44.4 Å². The van der Waals surface area contributed by atoms with Crippen LogP contribution in [0.4, 0.5) is 5.69 Å². The highest BCUT2D eigenvalue weighted by Gasteiger charge is 2.09. The lowest BCUT2D eigenvalue weighted by Gasteiger charge is -2.25. The summed E-state index contributed by atoms with van der Waals surface area (Å²) in [6, 6.07) is 5.96.